The first-order valence-corrected chi connectivity index (χ1v) is 8.22. The fourth-order valence-corrected chi connectivity index (χ4v) is 3.11. The van der Waals surface area contributed by atoms with Gasteiger partial charge in [-0.15, -0.1) is 0 Å². The van der Waals surface area contributed by atoms with Gasteiger partial charge in [0, 0.05) is 18.8 Å². The van der Waals surface area contributed by atoms with Crippen molar-refractivity contribution in [1.82, 2.24) is 14.5 Å². The number of nitrogens with zero attached hydrogens (tertiary/aromatic N) is 5. The molecular weight excluding hydrogens is 298 g/mol. The molecule has 0 N–H and O–H groups in total. The minimum Gasteiger partial charge on any atom is -0.378 e. The Hall–Kier alpha value is -1.94. The van der Waals surface area contributed by atoms with Gasteiger partial charge in [-0.05, 0) is 0 Å². The van der Waals surface area contributed by atoms with Crippen molar-refractivity contribution < 1.29 is 13.2 Å². The van der Waals surface area contributed by atoms with Gasteiger partial charge in [0.05, 0.1) is 26.0 Å². The third kappa shape index (κ3) is 2.40. The van der Waals surface area contributed by atoms with Crippen LogP contribution >= 0.6 is 0 Å². The summed E-state index contributed by atoms with van der Waals surface area (Å²) in [4.78, 5) is 22.1. The van der Waals surface area contributed by atoms with Gasteiger partial charge in [-0.25, -0.2) is 22.1 Å². The van der Waals surface area contributed by atoms with E-state index in [-0.39, 0.29) is 18.4 Å². The van der Waals surface area contributed by atoms with E-state index in [0.29, 0.717) is 32.0 Å². The van der Waals surface area contributed by atoms with Gasteiger partial charge in [-0.2, -0.15) is 9.97 Å². The van der Waals surface area contributed by atoms with Crippen molar-refractivity contribution >= 4 is 27.6 Å². The van der Waals surface area contributed by atoms with Gasteiger partial charge in [0.25, 0.3) is 0 Å². The predicted octanol–water partition coefficient (Wildman–Crippen LogP) is -1.27. The quantitative estimate of drug-likeness (QED) is 0.671. The van der Waals surface area contributed by atoms with Crippen molar-refractivity contribution in [3.63, 3.8) is 0 Å². The number of hydrogen-bond acceptors (Lipinski definition) is 7. The number of aromatic nitrogens is 3. The Morgan fingerprint density at radius 1 is 1.24 bits per heavy atom. The maximum Gasteiger partial charge on any atom is 0.358 e. The SMILES string of the molecule is C=C1CN(S(C)(=O)=O)c2nc(N3CCOCC3)nc(=O)n21. The van der Waals surface area contributed by atoms with E-state index >= 15 is 0 Å². The van der Waals surface area contributed by atoms with Crippen LogP contribution in [0.25, 0.3) is 5.70 Å². The molecule has 2 aliphatic heterocycles. The van der Waals surface area contributed by atoms with Crippen LogP contribution < -0.4 is 14.9 Å². The number of rotatable bonds is 2. The number of hydrogen-bond donors (Lipinski definition) is 0. The molecule has 0 bridgehead atoms. The monoisotopic (exact) mass is 313 g/mol. The van der Waals surface area contributed by atoms with Gasteiger partial charge in [-0.3, -0.25) is 0 Å². The Morgan fingerprint density at radius 2 is 1.90 bits per heavy atom. The Labute approximate surface area is 121 Å². The first-order valence-electron chi connectivity index (χ1n) is 6.37. The molecule has 114 valence electrons. The van der Waals surface area contributed by atoms with E-state index in [9.17, 15) is 13.2 Å². The lowest BCUT2D eigenvalue weighted by molar-refractivity contribution is 0.122. The van der Waals surface area contributed by atoms with Gasteiger partial charge in [0.1, 0.15) is 0 Å². The molecule has 0 aliphatic carbocycles. The van der Waals surface area contributed by atoms with Crippen molar-refractivity contribution in [2.45, 2.75) is 0 Å². The topological polar surface area (TPSA) is 97.6 Å². The molecule has 1 aromatic rings. The summed E-state index contributed by atoms with van der Waals surface area (Å²) in [7, 11) is -3.53. The third-order valence-corrected chi connectivity index (χ3v) is 4.44. The van der Waals surface area contributed by atoms with Gasteiger partial charge in [0.2, 0.25) is 21.9 Å². The number of sulfonamides is 1. The highest BCUT2D eigenvalue weighted by atomic mass is 32.2. The van der Waals surface area contributed by atoms with Crippen LogP contribution in [-0.2, 0) is 14.8 Å². The van der Waals surface area contributed by atoms with Gasteiger partial charge in [0.15, 0.2) is 0 Å². The summed E-state index contributed by atoms with van der Waals surface area (Å²) in [5, 5.41) is 0. The predicted molar refractivity (Wildman–Crippen MR) is 76.8 cm³/mol. The van der Waals surface area contributed by atoms with E-state index in [4.69, 9.17) is 4.74 Å². The average molecular weight is 313 g/mol. The van der Waals surface area contributed by atoms with Crippen LogP contribution in [0.5, 0.6) is 0 Å². The number of morpholine rings is 1. The second-order valence-corrected chi connectivity index (χ2v) is 6.78. The average Bonchev–Trinajstić information content (AvgIpc) is 2.77. The van der Waals surface area contributed by atoms with E-state index in [2.05, 4.69) is 16.5 Å². The highest BCUT2D eigenvalue weighted by molar-refractivity contribution is 7.92. The van der Waals surface area contributed by atoms with E-state index in [1.807, 2.05) is 0 Å². The van der Waals surface area contributed by atoms with Crippen LogP contribution in [0.15, 0.2) is 11.4 Å². The van der Waals surface area contributed by atoms with Crippen LogP contribution in [0.3, 0.4) is 0 Å². The van der Waals surface area contributed by atoms with Crippen molar-refractivity contribution in [2.24, 2.45) is 0 Å². The summed E-state index contributed by atoms with van der Waals surface area (Å²) in [6.45, 7) is 5.87. The van der Waals surface area contributed by atoms with Crippen LogP contribution in [-0.4, -0.2) is 62.1 Å². The highest BCUT2D eigenvalue weighted by Crippen LogP contribution is 2.26. The van der Waals surface area contributed by atoms with Crippen molar-refractivity contribution in [2.75, 3.05) is 48.3 Å². The lowest BCUT2D eigenvalue weighted by Crippen LogP contribution is -2.39. The molecule has 0 saturated carbocycles. The van der Waals surface area contributed by atoms with Crippen molar-refractivity contribution in [3.05, 3.63) is 17.1 Å². The molecule has 3 heterocycles. The molecule has 21 heavy (non-hydrogen) atoms. The van der Waals surface area contributed by atoms with Crippen LogP contribution in [0, 0.1) is 0 Å². The van der Waals surface area contributed by atoms with Crippen LogP contribution in [0.1, 0.15) is 0 Å². The molecule has 3 rings (SSSR count). The van der Waals surface area contributed by atoms with Crippen LogP contribution in [0.4, 0.5) is 11.9 Å². The Kier molecular flexibility index (Phi) is 3.21. The summed E-state index contributed by atoms with van der Waals surface area (Å²) in [5.41, 5.74) is -0.230. The third-order valence-electron chi connectivity index (χ3n) is 3.35. The zero-order valence-electron chi connectivity index (χ0n) is 11.5. The number of ether oxygens (including phenoxy) is 1. The van der Waals surface area contributed by atoms with E-state index < -0.39 is 15.7 Å². The number of anilines is 2. The molecule has 10 heteroatoms. The highest BCUT2D eigenvalue weighted by Gasteiger charge is 2.33. The summed E-state index contributed by atoms with van der Waals surface area (Å²) in [5.74, 6) is 0.266. The van der Waals surface area contributed by atoms with Crippen LogP contribution in [0.2, 0.25) is 0 Å². The minimum absolute atomic E-state index is 0.00924. The molecule has 1 aromatic heterocycles. The van der Waals surface area contributed by atoms with Gasteiger partial charge < -0.3 is 9.64 Å². The van der Waals surface area contributed by atoms with Crippen molar-refractivity contribution in [3.8, 4) is 0 Å². The summed E-state index contributed by atoms with van der Waals surface area (Å²) in [6, 6.07) is 0. The Morgan fingerprint density at radius 3 is 2.52 bits per heavy atom. The first kappa shape index (κ1) is 14.0. The van der Waals surface area contributed by atoms with E-state index in [1.54, 1.807) is 4.90 Å². The van der Waals surface area contributed by atoms with Gasteiger partial charge >= 0.3 is 5.69 Å². The first-order chi connectivity index (χ1) is 9.88. The largest absolute Gasteiger partial charge is 0.378 e. The molecular formula is C11H15N5O4S. The second kappa shape index (κ2) is 4.81. The molecule has 0 radical (unpaired) electrons. The maximum absolute atomic E-state index is 12.1. The van der Waals surface area contributed by atoms with Crippen molar-refractivity contribution in [1.29, 1.82) is 0 Å². The van der Waals surface area contributed by atoms with E-state index in [0.717, 1.165) is 15.1 Å². The smallest absolute Gasteiger partial charge is 0.358 e. The van der Waals surface area contributed by atoms with E-state index in [1.165, 1.54) is 0 Å². The maximum atomic E-state index is 12.1. The minimum atomic E-state index is -3.53. The Bertz CT molecular complexity index is 750. The molecule has 0 spiro atoms. The standard InChI is InChI=1S/C11H15N5O4S/c1-8-7-15(21(2,18)19)10-12-9(13-11(17)16(8)10)14-3-5-20-6-4-14/h1,3-7H2,2H3. The molecule has 2 aliphatic rings. The molecule has 0 unspecified atom stereocenters. The summed E-state index contributed by atoms with van der Waals surface area (Å²) < 4.78 is 31.1. The fraction of sp³-hybridized carbons (Fsp3) is 0.545. The molecule has 1 fully saturated rings. The van der Waals surface area contributed by atoms with Gasteiger partial charge in [-0.1, -0.05) is 6.58 Å². The molecule has 9 nitrogen and oxygen atoms in total. The molecule has 0 aromatic carbocycles. The zero-order chi connectivity index (χ0) is 15.2. The molecule has 0 amide bonds. The normalized spacial score (nSPS) is 19.0. The lowest BCUT2D eigenvalue weighted by Gasteiger charge is -2.27. The zero-order valence-corrected chi connectivity index (χ0v) is 12.3. The Balaban J connectivity index is 2.11. The molecule has 0 atom stereocenters. The fourth-order valence-electron chi connectivity index (χ4n) is 2.31. The number of fused-ring (bicyclic) bond motifs is 1. The lowest BCUT2D eigenvalue weighted by atomic mass is 10.4. The second-order valence-electron chi connectivity index (χ2n) is 4.88. The summed E-state index contributed by atoms with van der Waals surface area (Å²) >= 11 is 0. The molecule has 1 saturated heterocycles. The summed E-state index contributed by atoms with van der Waals surface area (Å²) in [6.07, 6.45) is 1.07.